The van der Waals surface area contributed by atoms with Crippen molar-refractivity contribution in [2.24, 2.45) is 0 Å². The van der Waals surface area contributed by atoms with Crippen molar-refractivity contribution in [3.63, 3.8) is 0 Å². The molecule has 2 heterocycles. The Kier molecular flexibility index (Phi) is 7.65. The maximum atomic E-state index is 13.3. The lowest BCUT2D eigenvalue weighted by molar-refractivity contribution is -0.116. The first-order valence-electron chi connectivity index (χ1n) is 10.8. The number of para-hydroxylation sites is 1. The molecule has 0 radical (unpaired) electrons. The molecule has 0 atom stereocenters. The van der Waals surface area contributed by atoms with E-state index in [-0.39, 0.29) is 35.2 Å². The van der Waals surface area contributed by atoms with Gasteiger partial charge in [0.1, 0.15) is 17.2 Å². The van der Waals surface area contributed by atoms with Gasteiger partial charge in [-0.25, -0.2) is 9.78 Å². The molecule has 0 saturated carbocycles. The molecule has 0 unspecified atom stereocenters. The topological polar surface area (TPSA) is 111 Å². The lowest BCUT2D eigenvalue weighted by Crippen LogP contribution is -2.32. The largest absolute Gasteiger partial charge is 0.478 e. The zero-order chi connectivity index (χ0) is 24.3. The van der Waals surface area contributed by atoms with Crippen LogP contribution in [0.1, 0.15) is 66.8 Å². The minimum absolute atomic E-state index is 0.0203. The van der Waals surface area contributed by atoms with Gasteiger partial charge in [0.15, 0.2) is 0 Å². The van der Waals surface area contributed by atoms with Crippen LogP contribution in [-0.2, 0) is 22.5 Å². The Hall–Kier alpha value is -3.04. The molecule has 9 heteroatoms. The first kappa shape index (κ1) is 24.6. The van der Waals surface area contributed by atoms with Crippen molar-refractivity contribution < 1.29 is 19.4 Å². The lowest BCUT2D eigenvalue weighted by Gasteiger charge is -2.20. The summed E-state index contributed by atoms with van der Waals surface area (Å²) >= 11 is 1.10. The number of hydrogen-bond acceptors (Lipinski definition) is 6. The van der Waals surface area contributed by atoms with Gasteiger partial charge in [0, 0.05) is 24.6 Å². The Morgan fingerprint density at radius 3 is 2.36 bits per heavy atom. The van der Waals surface area contributed by atoms with Gasteiger partial charge in [0.05, 0.1) is 17.6 Å². The average molecular weight is 472 g/mol. The molecule has 0 bridgehead atoms. The quantitative estimate of drug-likeness (QED) is 0.483. The fraction of sp³-hybridized carbons (Fsp3) is 0.417. The zero-order valence-electron chi connectivity index (χ0n) is 19.5. The number of methoxy groups -OCH3 is 1. The summed E-state index contributed by atoms with van der Waals surface area (Å²) in [7, 11) is 1.54. The summed E-state index contributed by atoms with van der Waals surface area (Å²) in [6.07, 6.45) is 0.315. The number of carbonyl (C=O) groups is 2. The van der Waals surface area contributed by atoms with E-state index in [1.165, 1.54) is 17.1 Å². The predicted molar refractivity (Wildman–Crippen MR) is 130 cm³/mol. The fourth-order valence-electron chi connectivity index (χ4n) is 3.79. The maximum Gasteiger partial charge on any atom is 0.337 e. The van der Waals surface area contributed by atoms with Gasteiger partial charge in [0.2, 0.25) is 5.91 Å². The summed E-state index contributed by atoms with van der Waals surface area (Å²) < 4.78 is 6.39. The molecule has 33 heavy (non-hydrogen) atoms. The molecular formula is C24H29N3O5S. The van der Waals surface area contributed by atoms with Crippen molar-refractivity contribution in [3.05, 3.63) is 56.4 Å². The van der Waals surface area contributed by atoms with Crippen molar-refractivity contribution in [2.75, 3.05) is 19.0 Å². The summed E-state index contributed by atoms with van der Waals surface area (Å²) in [5.74, 6) is -0.807. The van der Waals surface area contributed by atoms with Crippen LogP contribution in [0.25, 0.3) is 10.2 Å². The lowest BCUT2D eigenvalue weighted by atomic mass is 9.92. The fourth-order valence-corrected chi connectivity index (χ4v) is 4.71. The summed E-state index contributed by atoms with van der Waals surface area (Å²) in [6.45, 7) is 8.27. The molecule has 0 fully saturated rings. The van der Waals surface area contributed by atoms with Gasteiger partial charge < -0.3 is 15.2 Å². The minimum Gasteiger partial charge on any atom is -0.478 e. The zero-order valence-corrected chi connectivity index (χ0v) is 20.3. The number of nitrogens with one attached hydrogen (secondary N) is 1. The molecule has 1 amide bonds. The van der Waals surface area contributed by atoms with Crippen molar-refractivity contribution >= 4 is 39.1 Å². The van der Waals surface area contributed by atoms with Crippen LogP contribution in [0, 0.1) is 0 Å². The second-order valence-corrected chi connectivity index (χ2v) is 9.32. The highest BCUT2D eigenvalue weighted by Gasteiger charge is 2.22. The molecule has 0 saturated heterocycles. The van der Waals surface area contributed by atoms with Gasteiger partial charge in [0.25, 0.3) is 5.56 Å². The Morgan fingerprint density at radius 2 is 1.82 bits per heavy atom. The Labute approximate surface area is 196 Å². The number of fused-ring (bicyclic) bond motifs is 1. The highest BCUT2D eigenvalue weighted by molar-refractivity contribution is 7.17. The third-order valence-electron chi connectivity index (χ3n) is 5.47. The number of hydrogen-bond donors (Lipinski definition) is 2. The van der Waals surface area contributed by atoms with E-state index in [1.54, 1.807) is 0 Å². The average Bonchev–Trinajstić information content (AvgIpc) is 3.18. The smallest absolute Gasteiger partial charge is 0.337 e. The van der Waals surface area contributed by atoms with Gasteiger partial charge in [-0.1, -0.05) is 45.9 Å². The minimum atomic E-state index is -1.20. The van der Waals surface area contributed by atoms with Crippen LogP contribution in [0.15, 0.2) is 28.4 Å². The van der Waals surface area contributed by atoms with E-state index < -0.39 is 11.5 Å². The molecule has 0 aliphatic carbocycles. The highest BCUT2D eigenvalue weighted by Crippen LogP contribution is 2.32. The monoisotopic (exact) mass is 471 g/mol. The van der Waals surface area contributed by atoms with E-state index in [9.17, 15) is 19.5 Å². The summed E-state index contributed by atoms with van der Waals surface area (Å²) in [5, 5.41) is 13.9. The standard InChI is InChI=1S/C24H29N3O5S/c1-13(2)15-7-6-8-16(14(3)4)21(15)26-19(28)11-27-18(9-10-32-5)25-22-20(23(27)29)17(12-33-22)24(30)31/h6-8,12-14H,9-11H2,1-5H3,(H,26,28)(H,30,31). The van der Waals surface area contributed by atoms with Gasteiger partial charge in [-0.2, -0.15) is 0 Å². The van der Waals surface area contributed by atoms with Gasteiger partial charge in [-0.3, -0.25) is 14.2 Å². The highest BCUT2D eigenvalue weighted by atomic mass is 32.1. The van der Waals surface area contributed by atoms with Crippen LogP contribution < -0.4 is 10.9 Å². The molecule has 176 valence electrons. The van der Waals surface area contributed by atoms with Crippen LogP contribution in [0.3, 0.4) is 0 Å². The molecule has 1 aromatic carbocycles. The number of rotatable bonds is 9. The SMILES string of the molecule is COCCc1nc2scc(C(=O)O)c2c(=O)n1CC(=O)Nc1c(C(C)C)cccc1C(C)C. The first-order chi connectivity index (χ1) is 15.6. The predicted octanol–water partition coefficient (Wildman–Crippen LogP) is 4.23. The molecule has 0 spiro atoms. The molecule has 3 rings (SSSR count). The first-order valence-corrected chi connectivity index (χ1v) is 11.7. The van der Waals surface area contributed by atoms with E-state index in [4.69, 9.17) is 4.74 Å². The Bertz CT molecular complexity index is 1220. The number of ether oxygens (including phenoxy) is 1. The summed E-state index contributed by atoms with van der Waals surface area (Å²) in [5.41, 5.74) is 2.14. The van der Waals surface area contributed by atoms with Crippen molar-refractivity contribution in [2.45, 2.75) is 52.5 Å². The van der Waals surface area contributed by atoms with E-state index >= 15 is 0 Å². The Balaban J connectivity index is 2.05. The molecule has 8 nitrogen and oxygen atoms in total. The third-order valence-corrected chi connectivity index (χ3v) is 6.34. The van der Waals surface area contributed by atoms with E-state index in [0.29, 0.717) is 23.7 Å². The Morgan fingerprint density at radius 1 is 1.18 bits per heavy atom. The van der Waals surface area contributed by atoms with Crippen LogP contribution in [0.5, 0.6) is 0 Å². The third kappa shape index (κ3) is 5.15. The number of nitrogens with zero attached hydrogens (tertiary/aromatic N) is 2. The molecule has 2 N–H and O–H groups in total. The van der Waals surface area contributed by atoms with E-state index in [0.717, 1.165) is 28.2 Å². The molecular weight excluding hydrogens is 442 g/mol. The summed E-state index contributed by atoms with van der Waals surface area (Å²) in [4.78, 5) is 42.9. The number of thiophene rings is 1. The number of amides is 1. The molecule has 0 aliphatic heterocycles. The van der Waals surface area contributed by atoms with E-state index in [1.807, 2.05) is 18.2 Å². The number of anilines is 1. The van der Waals surface area contributed by atoms with Crippen molar-refractivity contribution in [1.29, 1.82) is 0 Å². The van der Waals surface area contributed by atoms with Crippen molar-refractivity contribution in [3.8, 4) is 0 Å². The molecule has 2 aromatic heterocycles. The van der Waals surface area contributed by atoms with Crippen molar-refractivity contribution in [1.82, 2.24) is 9.55 Å². The van der Waals surface area contributed by atoms with Crippen LogP contribution >= 0.6 is 11.3 Å². The van der Waals surface area contributed by atoms with Crippen LogP contribution in [-0.4, -0.2) is 40.3 Å². The van der Waals surface area contributed by atoms with Crippen LogP contribution in [0.4, 0.5) is 5.69 Å². The number of aromatic nitrogens is 2. The number of carboxylic acid groups (broad SMARTS) is 1. The summed E-state index contributed by atoms with van der Waals surface area (Å²) in [6, 6.07) is 5.95. The van der Waals surface area contributed by atoms with Crippen LogP contribution in [0.2, 0.25) is 0 Å². The second-order valence-electron chi connectivity index (χ2n) is 8.47. The number of benzene rings is 1. The van der Waals surface area contributed by atoms with E-state index in [2.05, 4.69) is 38.0 Å². The molecule has 0 aliphatic rings. The number of carbonyl (C=O) groups excluding carboxylic acids is 1. The normalized spacial score (nSPS) is 11.5. The second kappa shape index (κ2) is 10.3. The van der Waals surface area contributed by atoms with Gasteiger partial charge in [-0.15, -0.1) is 11.3 Å². The number of aromatic carboxylic acids is 1. The van der Waals surface area contributed by atoms with Gasteiger partial charge in [-0.05, 0) is 23.0 Å². The number of carboxylic acids is 1. The van der Waals surface area contributed by atoms with Gasteiger partial charge >= 0.3 is 5.97 Å². The molecule has 3 aromatic rings. The maximum absolute atomic E-state index is 13.3.